The molecule has 1 aromatic heterocycles. The summed E-state index contributed by atoms with van der Waals surface area (Å²) in [6.07, 6.45) is 1.34. The van der Waals surface area contributed by atoms with Gasteiger partial charge in [0.05, 0.1) is 24.0 Å². The molecule has 1 aromatic carbocycles. The molecule has 20 heavy (non-hydrogen) atoms. The number of carbonyl (C=O) groups is 1. The van der Waals surface area contributed by atoms with Crippen LogP contribution in [0.15, 0.2) is 36.5 Å². The number of carbonyl (C=O) groups excluding carboxylic acids is 1. The van der Waals surface area contributed by atoms with Crippen molar-refractivity contribution in [2.24, 2.45) is 0 Å². The van der Waals surface area contributed by atoms with E-state index in [4.69, 9.17) is 15.7 Å². The highest BCUT2D eigenvalue weighted by molar-refractivity contribution is 6.04. The van der Waals surface area contributed by atoms with E-state index < -0.39 is 5.91 Å². The molecule has 1 amide bonds. The minimum atomic E-state index is -0.397. The fraction of sp³-hybridized carbons (Fsp3) is 0.0714. The first-order chi connectivity index (χ1) is 9.63. The molecule has 0 aliphatic carbocycles. The number of nitrogens with two attached hydrogens (primary N) is 1. The zero-order chi connectivity index (χ0) is 14.5. The standard InChI is InChI=1S/C14H12N4O2/c1-20-10-3-5-12(11(16)6-10)18-14(19)13-4-2-9(7-15)8-17-13/h2-6,8H,16H2,1H3,(H,18,19). The van der Waals surface area contributed by atoms with Crippen molar-refractivity contribution >= 4 is 17.3 Å². The van der Waals surface area contributed by atoms with Crippen LogP contribution in [0.2, 0.25) is 0 Å². The predicted octanol–water partition coefficient (Wildman–Crippen LogP) is 1.80. The van der Waals surface area contributed by atoms with Crippen LogP contribution in [-0.4, -0.2) is 18.0 Å². The molecule has 0 radical (unpaired) electrons. The van der Waals surface area contributed by atoms with Gasteiger partial charge in [0.1, 0.15) is 17.5 Å². The second-order valence-corrected chi connectivity index (χ2v) is 3.95. The van der Waals surface area contributed by atoms with Crippen LogP contribution in [0, 0.1) is 11.3 Å². The Balaban J connectivity index is 2.17. The lowest BCUT2D eigenvalue weighted by Crippen LogP contribution is -2.14. The van der Waals surface area contributed by atoms with Crippen molar-refractivity contribution in [3.05, 3.63) is 47.8 Å². The minimum absolute atomic E-state index is 0.208. The van der Waals surface area contributed by atoms with Crippen molar-refractivity contribution in [2.75, 3.05) is 18.2 Å². The number of ether oxygens (including phenoxy) is 1. The molecule has 0 saturated carbocycles. The van der Waals surface area contributed by atoms with Gasteiger partial charge in [0, 0.05) is 12.3 Å². The first-order valence-corrected chi connectivity index (χ1v) is 5.75. The SMILES string of the molecule is COc1ccc(NC(=O)c2ccc(C#N)cn2)c(N)c1. The zero-order valence-electron chi connectivity index (χ0n) is 10.8. The maximum Gasteiger partial charge on any atom is 0.274 e. The van der Waals surface area contributed by atoms with Crippen LogP contribution in [0.3, 0.4) is 0 Å². The smallest absolute Gasteiger partial charge is 0.274 e. The average Bonchev–Trinajstić information content (AvgIpc) is 2.49. The highest BCUT2D eigenvalue weighted by atomic mass is 16.5. The summed E-state index contributed by atoms with van der Waals surface area (Å²) >= 11 is 0. The Morgan fingerprint density at radius 3 is 2.75 bits per heavy atom. The number of nitriles is 1. The van der Waals surface area contributed by atoms with Crippen molar-refractivity contribution in [1.82, 2.24) is 4.98 Å². The molecule has 0 fully saturated rings. The fourth-order valence-electron chi connectivity index (χ4n) is 1.56. The Morgan fingerprint density at radius 2 is 2.20 bits per heavy atom. The molecular weight excluding hydrogens is 256 g/mol. The number of benzene rings is 1. The van der Waals surface area contributed by atoms with Crippen molar-refractivity contribution in [3.8, 4) is 11.8 Å². The average molecular weight is 268 g/mol. The zero-order valence-corrected chi connectivity index (χ0v) is 10.8. The number of pyridine rings is 1. The number of amides is 1. The third-order valence-electron chi connectivity index (χ3n) is 2.63. The molecule has 0 saturated heterocycles. The van der Waals surface area contributed by atoms with Crippen LogP contribution in [-0.2, 0) is 0 Å². The summed E-state index contributed by atoms with van der Waals surface area (Å²) in [5.74, 6) is 0.211. The number of nitrogens with one attached hydrogen (secondary N) is 1. The summed E-state index contributed by atoms with van der Waals surface area (Å²) < 4.78 is 5.03. The molecule has 2 rings (SSSR count). The first-order valence-electron chi connectivity index (χ1n) is 5.75. The Bertz CT molecular complexity index is 675. The van der Waals surface area contributed by atoms with E-state index in [9.17, 15) is 4.79 Å². The molecular formula is C14H12N4O2. The van der Waals surface area contributed by atoms with Crippen LogP contribution >= 0.6 is 0 Å². The topological polar surface area (TPSA) is 101 Å². The number of nitrogen functional groups attached to an aromatic ring is 1. The third-order valence-corrected chi connectivity index (χ3v) is 2.63. The quantitative estimate of drug-likeness (QED) is 0.826. The van der Waals surface area contributed by atoms with Crippen molar-refractivity contribution in [2.45, 2.75) is 0 Å². The van der Waals surface area contributed by atoms with Crippen LogP contribution in [0.4, 0.5) is 11.4 Å². The van der Waals surface area contributed by atoms with Crippen molar-refractivity contribution in [1.29, 1.82) is 5.26 Å². The van der Waals surface area contributed by atoms with E-state index >= 15 is 0 Å². The van der Waals surface area contributed by atoms with Crippen LogP contribution in [0.25, 0.3) is 0 Å². The summed E-state index contributed by atoms with van der Waals surface area (Å²) in [5, 5.41) is 11.3. The number of methoxy groups -OCH3 is 1. The number of aromatic nitrogens is 1. The summed E-state index contributed by atoms with van der Waals surface area (Å²) in [7, 11) is 1.54. The van der Waals surface area contributed by atoms with Gasteiger partial charge in [-0.3, -0.25) is 4.79 Å². The van der Waals surface area contributed by atoms with E-state index in [1.54, 1.807) is 18.2 Å². The lowest BCUT2D eigenvalue weighted by Gasteiger charge is -2.09. The summed E-state index contributed by atoms with van der Waals surface area (Å²) in [5.41, 5.74) is 7.28. The van der Waals surface area contributed by atoms with Crippen LogP contribution in [0.1, 0.15) is 16.1 Å². The molecule has 0 spiro atoms. The van der Waals surface area contributed by atoms with E-state index in [1.807, 2.05) is 6.07 Å². The second kappa shape index (κ2) is 5.71. The maximum absolute atomic E-state index is 12.0. The van der Waals surface area contributed by atoms with Gasteiger partial charge in [-0.15, -0.1) is 0 Å². The van der Waals surface area contributed by atoms with Gasteiger partial charge in [0.25, 0.3) is 5.91 Å². The lowest BCUT2D eigenvalue weighted by molar-refractivity contribution is 0.102. The first kappa shape index (κ1) is 13.4. The van der Waals surface area contributed by atoms with E-state index in [-0.39, 0.29) is 5.69 Å². The second-order valence-electron chi connectivity index (χ2n) is 3.95. The molecule has 0 aliphatic heterocycles. The Kier molecular flexibility index (Phi) is 3.82. The van der Waals surface area contributed by atoms with Gasteiger partial charge in [-0.05, 0) is 24.3 Å². The number of nitrogens with zero attached hydrogens (tertiary/aromatic N) is 2. The van der Waals surface area contributed by atoms with Crippen LogP contribution in [0.5, 0.6) is 5.75 Å². The van der Waals surface area contributed by atoms with Crippen molar-refractivity contribution in [3.63, 3.8) is 0 Å². The van der Waals surface area contributed by atoms with Gasteiger partial charge in [-0.25, -0.2) is 4.98 Å². The highest BCUT2D eigenvalue weighted by Gasteiger charge is 2.10. The molecule has 0 bridgehead atoms. The van der Waals surface area contributed by atoms with Crippen LogP contribution < -0.4 is 15.8 Å². The molecule has 6 heteroatoms. The monoisotopic (exact) mass is 268 g/mol. The van der Waals surface area contributed by atoms with E-state index in [2.05, 4.69) is 10.3 Å². The normalized spacial score (nSPS) is 9.60. The van der Waals surface area contributed by atoms with Crippen molar-refractivity contribution < 1.29 is 9.53 Å². The number of rotatable bonds is 3. The number of anilines is 2. The van der Waals surface area contributed by atoms with Gasteiger partial charge in [-0.1, -0.05) is 0 Å². The Labute approximate surface area is 115 Å². The number of hydrogen-bond acceptors (Lipinski definition) is 5. The van der Waals surface area contributed by atoms with Gasteiger partial charge >= 0.3 is 0 Å². The van der Waals surface area contributed by atoms with E-state index in [0.29, 0.717) is 22.7 Å². The Morgan fingerprint density at radius 1 is 1.40 bits per heavy atom. The summed E-state index contributed by atoms with van der Waals surface area (Å²) in [6.45, 7) is 0. The summed E-state index contributed by atoms with van der Waals surface area (Å²) in [6, 6.07) is 9.90. The minimum Gasteiger partial charge on any atom is -0.497 e. The molecule has 6 nitrogen and oxygen atoms in total. The predicted molar refractivity (Wildman–Crippen MR) is 74.3 cm³/mol. The molecule has 0 unspecified atom stereocenters. The largest absolute Gasteiger partial charge is 0.497 e. The molecule has 0 atom stereocenters. The Hall–Kier alpha value is -3.07. The van der Waals surface area contributed by atoms with Gasteiger partial charge in [0.2, 0.25) is 0 Å². The van der Waals surface area contributed by atoms with E-state index in [1.165, 1.54) is 25.4 Å². The lowest BCUT2D eigenvalue weighted by atomic mass is 10.2. The van der Waals surface area contributed by atoms with Gasteiger partial charge < -0.3 is 15.8 Å². The third kappa shape index (κ3) is 2.84. The van der Waals surface area contributed by atoms with Gasteiger partial charge in [0.15, 0.2) is 0 Å². The van der Waals surface area contributed by atoms with Gasteiger partial charge in [-0.2, -0.15) is 5.26 Å². The molecule has 100 valence electrons. The number of hydrogen-bond donors (Lipinski definition) is 2. The molecule has 0 aliphatic rings. The molecule has 1 heterocycles. The highest BCUT2D eigenvalue weighted by Crippen LogP contribution is 2.24. The fourth-order valence-corrected chi connectivity index (χ4v) is 1.56. The van der Waals surface area contributed by atoms with E-state index in [0.717, 1.165) is 0 Å². The molecule has 3 N–H and O–H groups in total. The molecule has 2 aromatic rings. The maximum atomic E-state index is 12.0. The summed E-state index contributed by atoms with van der Waals surface area (Å²) in [4.78, 5) is 15.9.